The third kappa shape index (κ3) is 2.60. The Morgan fingerprint density at radius 2 is 1.85 bits per heavy atom. The Bertz CT molecular complexity index is 266. The first-order valence-electron chi connectivity index (χ1n) is 4.34. The van der Waals surface area contributed by atoms with Gasteiger partial charge in [-0.1, -0.05) is 36.2 Å². The Labute approximate surface area is 89.0 Å². The highest BCUT2D eigenvalue weighted by atomic mass is 35.5. The highest BCUT2D eigenvalue weighted by Crippen LogP contribution is 2.29. The van der Waals surface area contributed by atoms with Crippen molar-refractivity contribution in [2.45, 2.75) is 19.9 Å². The van der Waals surface area contributed by atoms with Crippen molar-refractivity contribution in [1.29, 1.82) is 0 Å². The predicted octanol–water partition coefficient (Wildman–Crippen LogP) is 3.66. The number of halogens is 2. The molecule has 0 aliphatic rings. The van der Waals surface area contributed by atoms with E-state index in [2.05, 4.69) is 19.2 Å². The molecule has 0 heterocycles. The summed E-state index contributed by atoms with van der Waals surface area (Å²) in [6.07, 6.45) is 0. The standard InChI is InChI=1S/C10H13Cl2N/c1-3-13-7(2)10-8(11)5-4-6-9(10)12/h4-7,13H,3H2,1-2H3. The predicted molar refractivity (Wildman–Crippen MR) is 58.6 cm³/mol. The Morgan fingerprint density at radius 3 is 2.31 bits per heavy atom. The van der Waals surface area contributed by atoms with Crippen LogP contribution in [-0.2, 0) is 0 Å². The van der Waals surface area contributed by atoms with E-state index in [-0.39, 0.29) is 6.04 Å². The minimum Gasteiger partial charge on any atom is -0.310 e. The Kier molecular flexibility index (Phi) is 4.04. The van der Waals surface area contributed by atoms with Crippen molar-refractivity contribution < 1.29 is 0 Å². The molecule has 0 fully saturated rings. The maximum atomic E-state index is 6.04. The van der Waals surface area contributed by atoms with Crippen molar-refractivity contribution in [2.24, 2.45) is 0 Å². The number of benzene rings is 1. The summed E-state index contributed by atoms with van der Waals surface area (Å²) >= 11 is 12.1. The molecule has 0 spiro atoms. The lowest BCUT2D eigenvalue weighted by molar-refractivity contribution is 0.598. The Hall–Kier alpha value is -0.240. The second-order valence-electron chi connectivity index (χ2n) is 2.91. The molecule has 0 aromatic heterocycles. The maximum Gasteiger partial charge on any atom is 0.0468 e. The van der Waals surface area contributed by atoms with Crippen LogP contribution in [0.3, 0.4) is 0 Å². The highest BCUT2D eigenvalue weighted by molar-refractivity contribution is 6.36. The molecule has 0 saturated carbocycles. The smallest absolute Gasteiger partial charge is 0.0468 e. The molecule has 0 saturated heterocycles. The van der Waals surface area contributed by atoms with Crippen molar-refractivity contribution in [3.05, 3.63) is 33.8 Å². The first-order valence-corrected chi connectivity index (χ1v) is 5.09. The van der Waals surface area contributed by atoms with Gasteiger partial charge in [0.05, 0.1) is 0 Å². The van der Waals surface area contributed by atoms with E-state index < -0.39 is 0 Å². The topological polar surface area (TPSA) is 12.0 Å². The van der Waals surface area contributed by atoms with E-state index in [4.69, 9.17) is 23.2 Å². The summed E-state index contributed by atoms with van der Waals surface area (Å²) in [7, 11) is 0. The van der Waals surface area contributed by atoms with E-state index in [1.165, 1.54) is 0 Å². The van der Waals surface area contributed by atoms with Gasteiger partial charge in [0.25, 0.3) is 0 Å². The van der Waals surface area contributed by atoms with Gasteiger partial charge in [-0.25, -0.2) is 0 Å². The van der Waals surface area contributed by atoms with Crippen molar-refractivity contribution in [1.82, 2.24) is 5.32 Å². The van der Waals surface area contributed by atoms with Crippen molar-refractivity contribution in [2.75, 3.05) is 6.54 Å². The molecule has 0 radical (unpaired) electrons. The largest absolute Gasteiger partial charge is 0.310 e. The fourth-order valence-corrected chi connectivity index (χ4v) is 2.06. The van der Waals surface area contributed by atoms with Crippen LogP contribution in [0.4, 0.5) is 0 Å². The van der Waals surface area contributed by atoms with Crippen LogP contribution < -0.4 is 5.32 Å². The molecule has 72 valence electrons. The molecular formula is C10H13Cl2N. The van der Waals surface area contributed by atoms with E-state index in [1.807, 2.05) is 18.2 Å². The maximum absolute atomic E-state index is 6.04. The summed E-state index contributed by atoms with van der Waals surface area (Å²) in [6, 6.07) is 5.77. The van der Waals surface area contributed by atoms with Gasteiger partial charge in [-0.3, -0.25) is 0 Å². The van der Waals surface area contributed by atoms with Gasteiger partial charge in [-0.2, -0.15) is 0 Å². The van der Waals surface area contributed by atoms with Crippen LogP contribution in [0, 0.1) is 0 Å². The summed E-state index contributed by atoms with van der Waals surface area (Å²) in [6.45, 7) is 5.01. The molecule has 1 N–H and O–H groups in total. The fourth-order valence-electron chi connectivity index (χ4n) is 1.33. The van der Waals surface area contributed by atoms with Crippen molar-refractivity contribution >= 4 is 23.2 Å². The molecule has 1 unspecified atom stereocenters. The molecule has 1 aromatic rings. The first kappa shape index (κ1) is 10.8. The summed E-state index contributed by atoms with van der Waals surface area (Å²) in [5.41, 5.74) is 0.979. The average molecular weight is 218 g/mol. The Morgan fingerprint density at radius 1 is 1.31 bits per heavy atom. The van der Waals surface area contributed by atoms with Crippen LogP contribution >= 0.6 is 23.2 Å². The monoisotopic (exact) mass is 217 g/mol. The van der Waals surface area contributed by atoms with E-state index in [1.54, 1.807) is 0 Å². The molecule has 0 aliphatic carbocycles. The molecule has 0 amide bonds. The molecule has 1 aromatic carbocycles. The van der Waals surface area contributed by atoms with Crippen LogP contribution in [0.5, 0.6) is 0 Å². The van der Waals surface area contributed by atoms with Crippen LogP contribution in [0.15, 0.2) is 18.2 Å². The lowest BCUT2D eigenvalue weighted by atomic mass is 10.1. The first-order chi connectivity index (χ1) is 6.16. The lowest BCUT2D eigenvalue weighted by Crippen LogP contribution is -2.18. The molecule has 0 bridgehead atoms. The number of hydrogen-bond donors (Lipinski definition) is 1. The van der Waals surface area contributed by atoms with Crippen LogP contribution in [0.1, 0.15) is 25.5 Å². The highest BCUT2D eigenvalue weighted by Gasteiger charge is 2.11. The number of hydrogen-bond acceptors (Lipinski definition) is 1. The Balaban J connectivity index is 2.98. The van der Waals surface area contributed by atoms with E-state index in [0.717, 1.165) is 22.2 Å². The van der Waals surface area contributed by atoms with Crippen molar-refractivity contribution in [3.8, 4) is 0 Å². The quantitative estimate of drug-likeness (QED) is 0.816. The zero-order valence-electron chi connectivity index (χ0n) is 7.77. The second kappa shape index (κ2) is 4.85. The molecule has 1 atom stereocenters. The van der Waals surface area contributed by atoms with Gasteiger partial charge in [0, 0.05) is 21.7 Å². The molecule has 0 aliphatic heterocycles. The van der Waals surface area contributed by atoms with Crippen LogP contribution in [-0.4, -0.2) is 6.54 Å². The average Bonchev–Trinajstić information content (AvgIpc) is 2.04. The van der Waals surface area contributed by atoms with E-state index in [9.17, 15) is 0 Å². The van der Waals surface area contributed by atoms with Gasteiger partial charge >= 0.3 is 0 Å². The van der Waals surface area contributed by atoms with Gasteiger partial charge in [0.1, 0.15) is 0 Å². The summed E-state index contributed by atoms with van der Waals surface area (Å²) in [5, 5.41) is 4.72. The summed E-state index contributed by atoms with van der Waals surface area (Å²) in [4.78, 5) is 0. The minimum atomic E-state index is 0.200. The van der Waals surface area contributed by atoms with Crippen molar-refractivity contribution in [3.63, 3.8) is 0 Å². The fraction of sp³-hybridized carbons (Fsp3) is 0.400. The minimum absolute atomic E-state index is 0.200. The van der Waals surface area contributed by atoms with E-state index in [0.29, 0.717) is 0 Å². The van der Waals surface area contributed by atoms with Gasteiger partial charge in [-0.05, 0) is 25.6 Å². The van der Waals surface area contributed by atoms with Crippen LogP contribution in [0.2, 0.25) is 10.0 Å². The zero-order chi connectivity index (χ0) is 9.84. The lowest BCUT2D eigenvalue weighted by Gasteiger charge is -2.15. The summed E-state index contributed by atoms with van der Waals surface area (Å²) in [5.74, 6) is 0. The molecular weight excluding hydrogens is 205 g/mol. The van der Waals surface area contributed by atoms with Gasteiger partial charge in [-0.15, -0.1) is 0 Å². The SMILES string of the molecule is CCNC(C)c1c(Cl)cccc1Cl. The third-order valence-electron chi connectivity index (χ3n) is 1.94. The van der Waals surface area contributed by atoms with Crippen LogP contribution in [0.25, 0.3) is 0 Å². The molecule has 1 nitrogen and oxygen atoms in total. The van der Waals surface area contributed by atoms with Gasteiger partial charge in [0.2, 0.25) is 0 Å². The van der Waals surface area contributed by atoms with Gasteiger partial charge < -0.3 is 5.32 Å². The second-order valence-corrected chi connectivity index (χ2v) is 3.73. The summed E-state index contributed by atoms with van der Waals surface area (Å²) < 4.78 is 0. The molecule has 3 heteroatoms. The molecule has 1 rings (SSSR count). The van der Waals surface area contributed by atoms with Gasteiger partial charge in [0.15, 0.2) is 0 Å². The number of nitrogens with one attached hydrogen (secondary N) is 1. The van der Waals surface area contributed by atoms with E-state index >= 15 is 0 Å². The third-order valence-corrected chi connectivity index (χ3v) is 2.60. The normalized spacial score (nSPS) is 12.9. The zero-order valence-corrected chi connectivity index (χ0v) is 9.28. The number of rotatable bonds is 3. The molecule has 13 heavy (non-hydrogen) atoms.